The number of amides is 3. The summed E-state index contributed by atoms with van der Waals surface area (Å²) in [5, 5.41) is 3.20. The molecule has 3 aromatic rings. The van der Waals surface area contributed by atoms with Crippen LogP contribution in [0.25, 0.3) is 5.69 Å². The Morgan fingerprint density at radius 1 is 0.889 bits per heavy atom. The highest BCUT2D eigenvalue weighted by atomic mass is 19.1. The number of fused-ring (bicyclic) bond motifs is 3. The van der Waals surface area contributed by atoms with Crippen LogP contribution in [0, 0.1) is 5.82 Å². The third-order valence-corrected chi connectivity index (χ3v) is 7.66. The molecule has 1 N–H and O–H groups in total. The number of anilines is 1. The molecule has 1 aromatic heterocycles. The van der Waals surface area contributed by atoms with Gasteiger partial charge in [-0.3, -0.25) is 9.69 Å². The van der Waals surface area contributed by atoms with E-state index in [1.807, 2.05) is 42.6 Å². The lowest BCUT2D eigenvalue weighted by Crippen LogP contribution is -2.51. The molecule has 3 amide bonds. The minimum atomic E-state index is -0.426. The number of carbonyl (C=O) groups is 2. The van der Waals surface area contributed by atoms with Gasteiger partial charge in [0.25, 0.3) is 0 Å². The van der Waals surface area contributed by atoms with Crippen LogP contribution >= 0.6 is 0 Å². The van der Waals surface area contributed by atoms with Gasteiger partial charge in [0.1, 0.15) is 18.4 Å². The fourth-order valence-electron chi connectivity index (χ4n) is 5.70. The summed E-state index contributed by atoms with van der Waals surface area (Å²) >= 11 is 0. The van der Waals surface area contributed by atoms with Crippen LogP contribution in [0.5, 0.6) is 0 Å². The molecular weight excluding hydrogens is 455 g/mol. The van der Waals surface area contributed by atoms with E-state index < -0.39 is 6.04 Å². The molecule has 2 fully saturated rings. The van der Waals surface area contributed by atoms with Crippen LogP contribution in [-0.2, 0) is 4.79 Å². The maximum absolute atomic E-state index is 14.1. The van der Waals surface area contributed by atoms with Crippen molar-refractivity contribution in [1.29, 1.82) is 0 Å². The van der Waals surface area contributed by atoms with Crippen molar-refractivity contribution in [2.24, 2.45) is 0 Å². The van der Waals surface area contributed by atoms with Crippen LogP contribution in [0.3, 0.4) is 0 Å². The minimum absolute atomic E-state index is 0.00988. The summed E-state index contributed by atoms with van der Waals surface area (Å²) < 4.78 is 15.9. The van der Waals surface area contributed by atoms with Gasteiger partial charge in [0.2, 0.25) is 5.91 Å². The molecule has 1 aliphatic heterocycles. The van der Waals surface area contributed by atoms with Crippen molar-refractivity contribution in [2.45, 2.75) is 63.1 Å². The first-order valence-electron chi connectivity index (χ1n) is 13.0. The van der Waals surface area contributed by atoms with E-state index in [0.717, 1.165) is 61.2 Å². The van der Waals surface area contributed by atoms with Gasteiger partial charge in [-0.1, -0.05) is 43.5 Å². The minimum Gasteiger partial charge on any atom is -0.335 e. The molecule has 6 nitrogen and oxygen atoms in total. The second-order valence-corrected chi connectivity index (χ2v) is 10.2. The average Bonchev–Trinajstić information content (AvgIpc) is 3.62. The first-order chi connectivity index (χ1) is 17.6. The molecule has 1 unspecified atom stereocenters. The van der Waals surface area contributed by atoms with Crippen LogP contribution in [-0.4, -0.2) is 40.0 Å². The zero-order valence-corrected chi connectivity index (χ0v) is 20.3. The van der Waals surface area contributed by atoms with Gasteiger partial charge in [0, 0.05) is 18.3 Å². The molecular formula is C29H31FN4O2. The van der Waals surface area contributed by atoms with Crippen molar-refractivity contribution < 1.29 is 14.0 Å². The summed E-state index contributed by atoms with van der Waals surface area (Å²) in [6.45, 7) is 0.00988. The van der Waals surface area contributed by atoms with Crippen molar-refractivity contribution in [3.05, 3.63) is 83.9 Å². The molecule has 3 aliphatic rings. The second kappa shape index (κ2) is 9.45. The third-order valence-electron chi connectivity index (χ3n) is 7.66. The van der Waals surface area contributed by atoms with E-state index in [2.05, 4.69) is 9.88 Å². The van der Waals surface area contributed by atoms with Gasteiger partial charge < -0.3 is 14.8 Å². The van der Waals surface area contributed by atoms with E-state index in [-0.39, 0.29) is 36.4 Å². The van der Waals surface area contributed by atoms with E-state index in [0.29, 0.717) is 0 Å². The summed E-state index contributed by atoms with van der Waals surface area (Å²) in [6, 6.07) is 17.8. The summed E-state index contributed by atoms with van der Waals surface area (Å²) in [4.78, 5) is 30.9. The van der Waals surface area contributed by atoms with E-state index >= 15 is 0 Å². The highest BCUT2D eigenvalue weighted by molar-refractivity contribution is 6.00. The molecule has 6 rings (SSSR count). The Kier molecular flexibility index (Phi) is 5.99. The lowest BCUT2D eigenvalue weighted by Gasteiger charge is -2.39. The number of aromatic nitrogens is 1. The van der Waals surface area contributed by atoms with Gasteiger partial charge in [-0.25, -0.2) is 9.18 Å². The molecule has 2 aromatic carbocycles. The molecule has 7 heteroatoms. The average molecular weight is 487 g/mol. The van der Waals surface area contributed by atoms with Crippen molar-refractivity contribution in [3.63, 3.8) is 0 Å². The van der Waals surface area contributed by atoms with Crippen molar-refractivity contribution in [2.75, 3.05) is 11.4 Å². The first kappa shape index (κ1) is 22.8. The number of halogens is 1. The standard InChI is InChI=1S/C29H31FN4O2/c30-21-14-12-20(13-15-21)28-26-11-6-18-32(26)24-9-4-5-10-25(24)34(28)27(35)19-33(23-16-17-23)29(36)31-22-7-2-1-3-8-22/h4-6,9-15,18,22-23,28H,1-3,7-8,16-17,19H2,(H,31,36). The Hall–Kier alpha value is -3.61. The van der Waals surface area contributed by atoms with Gasteiger partial charge in [-0.15, -0.1) is 0 Å². The van der Waals surface area contributed by atoms with Gasteiger partial charge in [0.05, 0.1) is 17.1 Å². The van der Waals surface area contributed by atoms with E-state index in [9.17, 15) is 14.0 Å². The lowest BCUT2D eigenvalue weighted by atomic mass is 9.96. The highest BCUT2D eigenvalue weighted by Gasteiger charge is 2.40. The van der Waals surface area contributed by atoms with Gasteiger partial charge in [-0.2, -0.15) is 0 Å². The maximum Gasteiger partial charge on any atom is 0.318 e. The number of benzene rings is 2. The topological polar surface area (TPSA) is 57.6 Å². The van der Waals surface area contributed by atoms with Crippen molar-refractivity contribution >= 4 is 17.6 Å². The van der Waals surface area contributed by atoms with E-state index in [1.54, 1.807) is 21.9 Å². The number of carbonyl (C=O) groups excluding carboxylic acids is 2. The fourth-order valence-corrected chi connectivity index (χ4v) is 5.70. The quantitative estimate of drug-likeness (QED) is 0.513. The Bertz CT molecular complexity index is 1260. The Labute approximate surface area is 210 Å². The summed E-state index contributed by atoms with van der Waals surface area (Å²) in [7, 11) is 0. The third kappa shape index (κ3) is 4.27. The van der Waals surface area contributed by atoms with Crippen LogP contribution in [0.1, 0.15) is 62.2 Å². The Morgan fingerprint density at radius 2 is 1.61 bits per heavy atom. The molecule has 1 atom stereocenters. The molecule has 2 heterocycles. The normalized spacial score (nSPS) is 19.4. The van der Waals surface area contributed by atoms with Crippen LogP contribution < -0.4 is 10.2 Å². The molecule has 186 valence electrons. The van der Waals surface area contributed by atoms with Crippen LogP contribution in [0.4, 0.5) is 14.9 Å². The van der Waals surface area contributed by atoms with Gasteiger partial charge in [0.15, 0.2) is 0 Å². The monoisotopic (exact) mass is 486 g/mol. The fraction of sp³-hybridized carbons (Fsp3) is 0.379. The van der Waals surface area contributed by atoms with E-state index in [1.165, 1.54) is 18.6 Å². The molecule has 36 heavy (non-hydrogen) atoms. The number of hydrogen-bond acceptors (Lipinski definition) is 2. The number of hydrogen-bond donors (Lipinski definition) is 1. The predicted molar refractivity (Wildman–Crippen MR) is 137 cm³/mol. The summed E-state index contributed by atoms with van der Waals surface area (Å²) in [5.74, 6) is -0.461. The van der Waals surface area contributed by atoms with Gasteiger partial charge >= 0.3 is 6.03 Å². The summed E-state index contributed by atoms with van der Waals surface area (Å²) in [6.07, 6.45) is 9.33. The molecule has 0 spiro atoms. The number of para-hydroxylation sites is 2. The van der Waals surface area contributed by atoms with Crippen LogP contribution in [0.15, 0.2) is 66.9 Å². The molecule has 0 saturated heterocycles. The van der Waals surface area contributed by atoms with Gasteiger partial charge in [-0.05, 0) is 67.6 Å². The Balaban J connectivity index is 1.34. The predicted octanol–water partition coefficient (Wildman–Crippen LogP) is 5.56. The first-order valence-corrected chi connectivity index (χ1v) is 13.0. The summed E-state index contributed by atoms with van der Waals surface area (Å²) in [5.41, 5.74) is 3.44. The number of rotatable bonds is 5. The Morgan fingerprint density at radius 3 is 2.33 bits per heavy atom. The number of urea groups is 1. The lowest BCUT2D eigenvalue weighted by molar-refractivity contribution is -0.119. The molecule has 0 radical (unpaired) electrons. The van der Waals surface area contributed by atoms with Crippen LogP contribution in [0.2, 0.25) is 0 Å². The molecule has 2 aliphatic carbocycles. The second-order valence-electron chi connectivity index (χ2n) is 10.2. The largest absolute Gasteiger partial charge is 0.335 e. The van der Waals surface area contributed by atoms with Crippen molar-refractivity contribution in [3.8, 4) is 5.69 Å². The smallest absolute Gasteiger partial charge is 0.318 e. The highest BCUT2D eigenvalue weighted by Crippen LogP contribution is 2.42. The maximum atomic E-state index is 14.1. The zero-order valence-electron chi connectivity index (χ0n) is 20.3. The SMILES string of the molecule is O=C(NC1CCCCC1)N(CC(=O)N1c2ccccc2-n2cccc2C1c1ccc(F)cc1)C1CC1. The zero-order chi connectivity index (χ0) is 24.6. The van der Waals surface area contributed by atoms with E-state index in [4.69, 9.17) is 0 Å². The molecule has 0 bridgehead atoms. The number of nitrogens with one attached hydrogen (secondary N) is 1. The molecule has 2 saturated carbocycles. The number of nitrogens with zero attached hydrogens (tertiary/aromatic N) is 3. The van der Waals surface area contributed by atoms with Crippen molar-refractivity contribution in [1.82, 2.24) is 14.8 Å².